The largest absolute Gasteiger partial charge is 0.370 e. The fourth-order valence-electron chi connectivity index (χ4n) is 3.54. The first-order valence-electron chi connectivity index (χ1n) is 9.28. The molecule has 0 aliphatic carbocycles. The lowest BCUT2D eigenvalue weighted by atomic mass is 10.1. The van der Waals surface area contributed by atoms with Crippen molar-refractivity contribution in [3.8, 4) is 5.69 Å². The summed E-state index contributed by atoms with van der Waals surface area (Å²) in [6, 6.07) is 13.7. The van der Waals surface area contributed by atoms with Crippen molar-refractivity contribution in [2.24, 2.45) is 0 Å². The predicted octanol–water partition coefficient (Wildman–Crippen LogP) is 2.93. The number of carbonyl (C=O) groups excluding carboxylic acids is 1. The topological polar surface area (TPSA) is 54.3 Å². The van der Waals surface area contributed by atoms with Crippen molar-refractivity contribution in [3.63, 3.8) is 0 Å². The van der Waals surface area contributed by atoms with E-state index < -0.39 is 0 Å². The molecule has 6 nitrogen and oxygen atoms in total. The molecule has 1 aliphatic rings. The first-order chi connectivity index (χ1) is 13.2. The fourth-order valence-corrected chi connectivity index (χ4v) is 3.54. The highest BCUT2D eigenvalue weighted by atomic mass is 16.2. The Kier molecular flexibility index (Phi) is 4.87. The van der Waals surface area contributed by atoms with Crippen molar-refractivity contribution in [3.05, 3.63) is 72.3 Å². The molecule has 0 spiro atoms. The van der Waals surface area contributed by atoms with Gasteiger partial charge in [-0.15, -0.1) is 0 Å². The summed E-state index contributed by atoms with van der Waals surface area (Å²) in [6.45, 7) is 5.22. The quantitative estimate of drug-likeness (QED) is 0.720. The van der Waals surface area contributed by atoms with Gasteiger partial charge in [-0.1, -0.05) is 12.1 Å². The van der Waals surface area contributed by atoms with E-state index in [0.29, 0.717) is 12.1 Å². The van der Waals surface area contributed by atoms with Crippen LogP contribution in [-0.4, -0.2) is 51.8 Å². The molecule has 4 rings (SSSR count). The SMILES string of the molecule is Cc1cc(N2CCCN(C(=O)c3ccccc3-n3cccn3)CC2)ccn1. The molecular weight excluding hydrogens is 338 g/mol. The molecule has 0 radical (unpaired) electrons. The van der Waals surface area contributed by atoms with E-state index in [2.05, 4.69) is 21.0 Å². The highest BCUT2D eigenvalue weighted by molar-refractivity contribution is 5.97. The molecule has 1 aliphatic heterocycles. The van der Waals surface area contributed by atoms with Gasteiger partial charge in [0.25, 0.3) is 5.91 Å². The van der Waals surface area contributed by atoms with E-state index in [9.17, 15) is 4.79 Å². The Morgan fingerprint density at radius 3 is 2.70 bits per heavy atom. The standard InChI is InChI=1S/C21H23N5O/c1-17-16-18(8-10-22-17)24-11-5-12-25(15-14-24)21(27)19-6-2-3-7-20(19)26-13-4-9-23-26/h2-4,6-10,13,16H,5,11-12,14-15H2,1H3. The Bertz CT molecular complexity index is 922. The number of amides is 1. The summed E-state index contributed by atoms with van der Waals surface area (Å²) >= 11 is 0. The minimum absolute atomic E-state index is 0.0638. The molecule has 27 heavy (non-hydrogen) atoms. The van der Waals surface area contributed by atoms with Gasteiger partial charge in [-0.2, -0.15) is 5.10 Å². The molecule has 0 N–H and O–H groups in total. The molecular formula is C21H23N5O. The van der Waals surface area contributed by atoms with Crippen LogP contribution in [0.15, 0.2) is 61.1 Å². The molecule has 6 heteroatoms. The molecule has 0 atom stereocenters. The molecule has 1 aromatic carbocycles. The van der Waals surface area contributed by atoms with Crippen LogP contribution in [0.25, 0.3) is 5.69 Å². The number of benzene rings is 1. The van der Waals surface area contributed by atoms with E-state index in [0.717, 1.165) is 37.4 Å². The summed E-state index contributed by atoms with van der Waals surface area (Å²) in [6.07, 6.45) is 6.37. The lowest BCUT2D eigenvalue weighted by Crippen LogP contribution is -2.35. The molecule has 1 fully saturated rings. The molecule has 0 bridgehead atoms. The summed E-state index contributed by atoms with van der Waals surface area (Å²) in [5, 5.41) is 4.28. The van der Waals surface area contributed by atoms with Crippen LogP contribution in [0.5, 0.6) is 0 Å². The van der Waals surface area contributed by atoms with Crippen LogP contribution >= 0.6 is 0 Å². The third-order valence-corrected chi connectivity index (χ3v) is 4.91. The molecule has 1 saturated heterocycles. The monoisotopic (exact) mass is 361 g/mol. The number of nitrogens with zero attached hydrogens (tertiary/aromatic N) is 5. The maximum atomic E-state index is 13.2. The second-order valence-corrected chi connectivity index (χ2v) is 6.76. The summed E-state index contributed by atoms with van der Waals surface area (Å²) in [4.78, 5) is 21.8. The highest BCUT2D eigenvalue weighted by Crippen LogP contribution is 2.20. The average molecular weight is 361 g/mol. The van der Waals surface area contributed by atoms with Crippen LogP contribution < -0.4 is 4.90 Å². The Labute approximate surface area is 159 Å². The number of hydrogen-bond acceptors (Lipinski definition) is 4. The van der Waals surface area contributed by atoms with Gasteiger partial charge in [-0.05, 0) is 43.7 Å². The van der Waals surface area contributed by atoms with E-state index in [4.69, 9.17) is 0 Å². The van der Waals surface area contributed by atoms with E-state index >= 15 is 0 Å². The number of carbonyl (C=O) groups is 1. The molecule has 3 heterocycles. The number of pyridine rings is 1. The molecule has 1 amide bonds. The van der Waals surface area contributed by atoms with Gasteiger partial charge >= 0.3 is 0 Å². The van der Waals surface area contributed by atoms with Crippen LogP contribution in [-0.2, 0) is 0 Å². The Balaban J connectivity index is 1.53. The second-order valence-electron chi connectivity index (χ2n) is 6.76. The fraction of sp³-hybridized carbons (Fsp3) is 0.286. The smallest absolute Gasteiger partial charge is 0.256 e. The summed E-state index contributed by atoms with van der Waals surface area (Å²) in [5.41, 5.74) is 3.69. The first kappa shape index (κ1) is 17.3. The van der Waals surface area contributed by atoms with Gasteiger partial charge < -0.3 is 9.80 Å². The number of aromatic nitrogens is 3. The van der Waals surface area contributed by atoms with Gasteiger partial charge in [0.2, 0.25) is 0 Å². The average Bonchev–Trinajstić information content (AvgIpc) is 3.12. The molecule has 138 valence electrons. The Hall–Kier alpha value is -3.15. The van der Waals surface area contributed by atoms with Crippen LogP contribution in [0.1, 0.15) is 22.5 Å². The molecule has 0 unspecified atom stereocenters. The molecule has 3 aromatic rings. The van der Waals surface area contributed by atoms with Crippen molar-refractivity contribution < 1.29 is 4.79 Å². The normalized spacial score (nSPS) is 14.9. The van der Waals surface area contributed by atoms with Crippen molar-refractivity contribution in [1.29, 1.82) is 0 Å². The zero-order chi connectivity index (χ0) is 18.6. The van der Waals surface area contributed by atoms with Gasteiger partial charge in [-0.3, -0.25) is 9.78 Å². The Morgan fingerprint density at radius 1 is 1.00 bits per heavy atom. The number of anilines is 1. The van der Waals surface area contributed by atoms with Crippen LogP contribution in [0.2, 0.25) is 0 Å². The van der Waals surface area contributed by atoms with E-state index in [-0.39, 0.29) is 5.91 Å². The zero-order valence-corrected chi connectivity index (χ0v) is 15.5. The molecule has 2 aromatic heterocycles. The molecule has 0 saturated carbocycles. The highest BCUT2D eigenvalue weighted by Gasteiger charge is 2.23. The minimum Gasteiger partial charge on any atom is -0.370 e. The zero-order valence-electron chi connectivity index (χ0n) is 15.5. The van der Waals surface area contributed by atoms with Gasteiger partial charge in [-0.25, -0.2) is 4.68 Å². The maximum Gasteiger partial charge on any atom is 0.256 e. The van der Waals surface area contributed by atoms with Crippen LogP contribution in [0.4, 0.5) is 5.69 Å². The third-order valence-electron chi connectivity index (χ3n) is 4.91. The van der Waals surface area contributed by atoms with Gasteiger partial charge in [0, 0.05) is 56.2 Å². The van der Waals surface area contributed by atoms with Crippen LogP contribution in [0, 0.1) is 6.92 Å². The Morgan fingerprint density at radius 2 is 1.89 bits per heavy atom. The second kappa shape index (κ2) is 7.61. The van der Waals surface area contributed by atoms with Crippen molar-refractivity contribution in [2.75, 3.05) is 31.1 Å². The van der Waals surface area contributed by atoms with Crippen LogP contribution in [0.3, 0.4) is 0 Å². The summed E-state index contributed by atoms with van der Waals surface area (Å²) in [5.74, 6) is 0.0638. The van der Waals surface area contributed by atoms with Crippen molar-refractivity contribution in [2.45, 2.75) is 13.3 Å². The van der Waals surface area contributed by atoms with E-state index in [1.165, 1.54) is 5.69 Å². The van der Waals surface area contributed by atoms with Crippen molar-refractivity contribution in [1.82, 2.24) is 19.7 Å². The third kappa shape index (κ3) is 3.69. The number of aryl methyl sites for hydroxylation is 1. The number of rotatable bonds is 3. The van der Waals surface area contributed by atoms with Gasteiger partial charge in [0.05, 0.1) is 11.3 Å². The number of hydrogen-bond donors (Lipinski definition) is 0. The van der Waals surface area contributed by atoms with Gasteiger partial charge in [0.1, 0.15) is 0 Å². The van der Waals surface area contributed by atoms with Gasteiger partial charge in [0.15, 0.2) is 0 Å². The maximum absolute atomic E-state index is 13.2. The first-order valence-corrected chi connectivity index (χ1v) is 9.28. The number of para-hydroxylation sites is 1. The van der Waals surface area contributed by atoms with Crippen molar-refractivity contribution >= 4 is 11.6 Å². The summed E-state index contributed by atoms with van der Waals surface area (Å²) < 4.78 is 1.75. The summed E-state index contributed by atoms with van der Waals surface area (Å²) in [7, 11) is 0. The van der Waals surface area contributed by atoms with E-state index in [1.807, 2.05) is 60.6 Å². The predicted molar refractivity (Wildman–Crippen MR) is 105 cm³/mol. The van der Waals surface area contributed by atoms with E-state index in [1.54, 1.807) is 10.9 Å². The lowest BCUT2D eigenvalue weighted by Gasteiger charge is -2.24. The minimum atomic E-state index is 0.0638. The lowest BCUT2D eigenvalue weighted by molar-refractivity contribution is 0.0767.